The maximum Gasteiger partial charge on any atom is 0.333 e. The SMILES string of the molecule is Cc1cn([C@H]2CC[C@@H](CO[Si](C)(C)C(C)(C)C)O2)c(=O)n(CC(=O)O)c1=O. The van der Waals surface area contributed by atoms with Crippen molar-refractivity contribution in [1.29, 1.82) is 0 Å². The van der Waals surface area contributed by atoms with Crippen LogP contribution in [0.15, 0.2) is 15.8 Å². The highest BCUT2D eigenvalue weighted by Gasteiger charge is 2.38. The van der Waals surface area contributed by atoms with Gasteiger partial charge in [-0.1, -0.05) is 20.8 Å². The average molecular weight is 399 g/mol. The van der Waals surface area contributed by atoms with Crippen molar-refractivity contribution in [2.45, 2.75) is 77.5 Å². The van der Waals surface area contributed by atoms with Crippen LogP contribution in [0.4, 0.5) is 0 Å². The van der Waals surface area contributed by atoms with Crippen LogP contribution in [-0.4, -0.2) is 41.2 Å². The molecule has 0 spiro atoms. The number of carbonyl (C=O) groups is 1. The number of carboxylic acids is 1. The van der Waals surface area contributed by atoms with Gasteiger partial charge < -0.3 is 14.3 Å². The normalized spacial score (nSPS) is 20.8. The van der Waals surface area contributed by atoms with Crippen molar-refractivity contribution in [2.75, 3.05) is 6.61 Å². The number of ether oxygens (including phenoxy) is 1. The van der Waals surface area contributed by atoms with Gasteiger partial charge >= 0.3 is 11.7 Å². The van der Waals surface area contributed by atoms with Crippen LogP contribution in [0.2, 0.25) is 18.1 Å². The third-order valence-electron chi connectivity index (χ3n) is 5.49. The molecule has 152 valence electrons. The van der Waals surface area contributed by atoms with Gasteiger partial charge in [0, 0.05) is 11.8 Å². The van der Waals surface area contributed by atoms with Gasteiger partial charge in [-0.15, -0.1) is 0 Å². The van der Waals surface area contributed by atoms with Gasteiger partial charge in [0.2, 0.25) is 0 Å². The fraction of sp³-hybridized carbons (Fsp3) is 0.722. The van der Waals surface area contributed by atoms with Gasteiger partial charge in [-0.3, -0.25) is 14.2 Å². The van der Waals surface area contributed by atoms with Gasteiger partial charge in [-0.05, 0) is 37.9 Å². The van der Waals surface area contributed by atoms with E-state index in [1.807, 2.05) is 0 Å². The number of aromatic nitrogens is 2. The number of aliphatic carboxylic acids is 1. The molecule has 27 heavy (non-hydrogen) atoms. The quantitative estimate of drug-likeness (QED) is 0.737. The van der Waals surface area contributed by atoms with Crippen LogP contribution < -0.4 is 11.2 Å². The summed E-state index contributed by atoms with van der Waals surface area (Å²) in [4.78, 5) is 35.6. The average Bonchev–Trinajstić information content (AvgIpc) is 3.00. The summed E-state index contributed by atoms with van der Waals surface area (Å²) in [5.41, 5.74) is -0.946. The number of carboxylic acid groups (broad SMARTS) is 1. The summed E-state index contributed by atoms with van der Waals surface area (Å²) in [6, 6.07) is 0. The third-order valence-corrected chi connectivity index (χ3v) is 9.99. The second-order valence-corrected chi connectivity index (χ2v) is 13.5. The molecule has 0 amide bonds. The maximum absolute atomic E-state index is 12.6. The Labute approximate surface area is 159 Å². The van der Waals surface area contributed by atoms with E-state index >= 15 is 0 Å². The molecule has 1 saturated heterocycles. The Bertz CT molecular complexity index is 821. The van der Waals surface area contributed by atoms with E-state index in [0.717, 1.165) is 11.0 Å². The van der Waals surface area contributed by atoms with Gasteiger partial charge in [0.15, 0.2) is 8.32 Å². The molecule has 1 aliphatic rings. The van der Waals surface area contributed by atoms with E-state index in [4.69, 9.17) is 14.3 Å². The van der Waals surface area contributed by atoms with E-state index in [1.165, 1.54) is 10.8 Å². The fourth-order valence-electron chi connectivity index (χ4n) is 2.77. The molecule has 1 N–H and O–H groups in total. The topological polar surface area (TPSA) is 99.8 Å². The van der Waals surface area contributed by atoms with Crippen molar-refractivity contribution in [3.8, 4) is 0 Å². The van der Waals surface area contributed by atoms with Crippen LogP contribution in [0.1, 0.15) is 45.4 Å². The van der Waals surface area contributed by atoms with E-state index in [0.29, 0.717) is 18.6 Å². The molecule has 1 aromatic heterocycles. The smallest absolute Gasteiger partial charge is 0.333 e. The second kappa shape index (κ2) is 7.73. The number of aryl methyl sites for hydroxylation is 1. The van der Waals surface area contributed by atoms with Crippen molar-refractivity contribution in [2.24, 2.45) is 0 Å². The standard InChI is InChI=1S/C18H30N2O6Si/c1-12-9-19(17(24)20(16(12)23)10-15(21)22)14-8-7-13(26-14)11-25-27(5,6)18(2,3)4/h9,13-14H,7-8,10-11H2,1-6H3,(H,21,22)/t13-,14+/m0/s1. The first-order valence-electron chi connectivity index (χ1n) is 9.17. The lowest BCUT2D eigenvalue weighted by atomic mass is 10.2. The lowest BCUT2D eigenvalue weighted by molar-refractivity contribution is -0.137. The first kappa shape index (κ1) is 21.6. The Kier molecular flexibility index (Phi) is 6.18. The minimum absolute atomic E-state index is 0.103. The molecule has 0 bridgehead atoms. The highest BCUT2D eigenvalue weighted by atomic mass is 28.4. The summed E-state index contributed by atoms with van der Waals surface area (Å²) < 4.78 is 14.3. The Morgan fingerprint density at radius 3 is 2.52 bits per heavy atom. The summed E-state index contributed by atoms with van der Waals surface area (Å²) in [5, 5.41) is 9.07. The molecule has 1 fully saturated rings. The zero-order chi connectivity index (χ0) is 20.6. The predicted molar refractivity (Wildman–Crippen MR) is 104 cm³/mol. The van der Waals surface area contributed by atoms with Crippen molar-refractivity contribution in [3.05, 3.63) is 32.6 Å². The van der Waals surface area contributed by atoms with E-state index in [-0.39, 0.29) is 11.1 Å². The number of hydrogen-bond acceptors (Lipinski definition) is 5. The van der Waals surface area contributed by atoms with Crippen LogP contribution in [0.5, 0.6) is 0 Å². The second-order valence-electron chi connectivity index (χ2n) is 8.65. The van der Waals surface area contributed by atoms with Gasteiger partial charge in [0.05, 0.1) is 12.7 Å². The van der Waals surface area contributed by atoms with E-state index in [2.05, 4.69) is 33.9 Å². The molecule has 2 heterocycles. The summed E-state index contributed by atoms with van der Waals surface area (Å²) in [5.74, 6) is -1.24. The molecule has 1 aromatic rings. The van der Waals surface area contributed by atoms with Crippen molar-refractivity contribution in [3.63, 3.8) is 0 Å². The number of nitrogens with zero attached hydrogens (tertiary/aromatic N) is 2. The predicted octanol–water partition coefficient (Wildman–Crippen LogP) is 2.10. The van der Waals surface area contributed by atoms with Gasteiger partial charge in [0.1, 0.15) is 12.8 Å². The van der Waals surface area contributed by atoms with Gasteiger partial charge in [0.25, 0.3) is 5.56 Å². The molecule has 8 nitrogen and oxygen atoms in total. The molecule has 0 aliphatic carbocycles. The zero-order valence-electron chi connectivity index (χ0n) is 16.9. The molecule has 1 aliphatic heterocycles. The lowest BCUT2D eigenvalue weighted by Gasteiger charge is -2.36. The number of rotatable bonds is 6. The monoisotopic (exact) mass is 398 g/mol. The Balaban J connectivity index is 2.16. The minimum atomic E-state index is -1.89. The third kappa shape index (κ3) is 4.77. The van der Waals surface area contributed by atoms with Crippen molar-refractivity contribution in [1.82, 2.24) is 9.13 Å². The van der Waals surface area contributed by atoms with Crippen LogP contribution in [0.25, 0.3) is 0 Å². The Morgan fingerprint density at radius 1 is 1.33 bits per heavy atom. The van der Waals surface area contributed by atoms with Gasteiger partial charge in [-0.25, -0.2) is 9.36 Å². The van der Waals surface area contributed by atoms with E-state index in [1.54, 1.807) is 6.92 Å². The molecule has 2 atom stereocenters. The molecular weight excluding hydrogens is 368 g/mol. The first-order chi connectivity index (χ1) is 12.3. The van der Waals surface area contributed by atoms with Crippen LogP contribution in [-0.2, 0) is 20.5 Å². The highest BCUT2D eigenvalue weighted by Crippen LogP contribution is 2.37. The largest absolute Gasteiger partial charge is 0.480 e. The van der Waals surface area contributed by atoms with Crippen molar-refractivity contribution < 1.29 is 19.1 Å². The van der Waals surface area contributed by atoms with E-state index in [9.17, 15) is 14.4 Å². The number of hydrogen-bond donors (Lipinski definition) is 1. The molecule has 0 aromatic carbocycles. The summed E-state index contributed by atoms with van der Waals surface area (Å²) in [6.07, 6.45) is 2.14. The van der Waals surface area contributed by atoms with Gasteiger partial charge in [-0.2, -0.15) is 0 Å². The fourth-order valence-corrected chi connectivity index (χ4v) is 3.81. The molecule has 9 heteroatoms. The summed E-state index contributed by atoms with van der Waals surface area (Å²) in [6.45, 7) is 12.2. The summed E-state index contributed by atoms with van der Waals surface area (Å²) in [7, 11) is -1.89. The Morgan fingerprint density at radius 2 is 1.96 bits per heavy atom. The minimum Gasteiger partial charge on any atom is -0.480 e. The highest BCUT2D eigenvalue weighted by molar-refractivity contribution is 6.74. The maximum atomic E-state index is 12.6. The Hall–Kier alpha value is -1.71. The van der Waals surface area contributed by atoms with E-state index < -0.39 is 38.3 Å². The molecular formula is C18H30N2O6Si. The zero-order valence-corrected chi connectivity index (χ0v) is 17.9. The van der Waals surface area contributed by atoms with Crippen LogP contribution in [0, 0.1) is 6.92 Å². The molecule has 0 saturated carbocycles. The molecule has 0 radical (unpaired) electrons. The van der Waals surface area contributed by atoms with Crippen molar-refractivity contribution >= 4 is 14.3 Å². The van der Waals surface area contributed by atoms with Crippen LogP contribution >= 0.6 is 0 Å². The molecule has 2 rings (SSSR count). The molecule has 0 unspecified atom stereocenters. The first-order valence-corrected chi connectivity index (χ1v) is 12.1. The lowest BCUT2D eigenvalue weighted by Crippen LogP contribution is -2.44. The van der Waals surface area contributed by atoms with Crippen LogP contribution in [0.3, 0.4) is 0 Å². The summed E-state index contributed by atoms with van der Waals surface area (Å²) >= 11 is 0.